The van der Waals surface area contributed by atoms with E-state index in [1.54, 1.807) is 18.2 Å². The molecular weight excluding hydrogens is 300 g/mol. The first kappa shape index (κ1) is 16.8. The van der Waals surface area contributed by atoms with Crippen LogP contribution < -0.4 is 11.1 Å². The van der Waals surface area contributed by atoms with Crippen LogP contribution in [0.15, 0.2) is 18.2 Å². The van der Waals surface area contributed by atoms with Gasteiger partial charge in [-0.05, 0) is 24.1 Å². The topological polar surface area (TPSA) is 81.4 Å². The van der Waals surface area contributed by atoms with E-state index in [9.17, 15) is 9.59 Å². The summed E-state index contributed by atoms with van der Waals surface area (Å²) in [6.45, 7) is 0.414. The minimum Gasteiger partial charge on any atom is -0.465 e. The van der Waals surface area contributed by atoms with E-state index in [0.717, 1.165) is 5.56 Å². The summed E-state index contributed by atoms with van der Waals surface area (Å²) in [5, 5.41) is 3.15. The standard InChI is InChI=1S/C13H17ClN2O3S/c1-19-13(18)9-3-2-8(10(14)6-9)4-5-16-12(17)11(15)7-20/h2-3,6,11,20H,4-5,7,15H2,1H3,(H,16,17)/t11-/m0/s1. The van der Waals surface area contributed by atoms with Crippen molar-refractivity contribution >= 4 is 36.1 Å². The smallest absolute Gasteiger partial charge is 0.337 e. The van der Waals surface area contributed by atoms with Crippen molar-refractivity contribution < 1.29 is 14.3 Å². The number of nitrogens with two attached hydrogens (primary N) is 1. The summed E-state index contributed by atoms with van der Waals surface area (Å²) in [7, 11) is 1.31. The molecule has 0 bridgehead atoms. The first-order valence-corrected chi connectivity index (χ1v) is 7.01. The van der Waals surface area contributed by atoms with Crippen molar-refractivity contribution in [1.29, 1.82) is 0 Å². The third kappa shape index (κ3) is 4.70. The van der Waals surface area contributed by atoms with E-state index in [0.29, 0.717) is 29.3 Å². The second-order valence-electron chi connectivity index (χ2n) is 4.13. The highest BCUT2D eigenvalue weighted by molar-refractivity contribution is 7.80. The Labute approximate surface area is 128 Å². The van der Waals surface area contributed by atoms with E-state index in [-0.39, 0.29) is 5.91 Å². The van der Waals surface area contributed by atoms with Gasteiger partial charge in [-0.1, -0.05) is 17.7 Å². The quantitative estimate of drug-likeness (QED) is 0.541. The maximum absolute atomic E-state index is 11.5. The molecule has 0 radical (unpaired) electrons. The highest BCUT2D eigenvalue weighted by atomic mass is 35.5. The number of nitrogens with one attached hydrogen (secondary N) is 1. The minimum atomic E-state index is -0.615. The number of thiol groups is 1. The van der Waals surface area contributed by atoms with Crippen molar-refractivity contribution in [2.45, 2.75) is 12.5 Å². The average Bonchev–Trinajstić information content (AvgIpc) is 2.46. The van der Waals surface area contributed by atoms with Crippen molar-refractivity contribution in [2.24, 2.45) is 5.73 Å². The van der Waals surface area contributed by atoms with E-state index in [1.165, 1.54) is 7.11 Å². The van der Waals surface area contributed by atoms with Crippen LogP contribution in [-0.2, 0) is 16.0 Å². The van der Waals surface area contributed by atoms with Gasteiger partial charge in [0.1, 0.15) is 0 Å². The van der Waals surface area contributed by atoms with Gasteiger partial charge >= 0.3 is 5.97 Å². The number of carbonyl (C=O) groups excluding carboxylic acids is 2. The summed E-state index contributed by atoms with van der Waals surface area (Å²) in [5.41, 5.74) is 6.75. The van der Waals surface area contributed by atoms with Crippen molar-refractivity contribution in [1.82, 2.24) is 5.32 Å². The molecule has 7 heteroatoms. The lowest BCUT2D eigenvalue weighted by molar-refractivity contribution is -0.121. The van der Waals surface area contributed by atoms with Crippen LogP contribution in [0.25, 0.3) is 0 Å². The molecule has 1 amide bonds. The zero-order valence-corrected chi connectivity index (χ0v) is 12.7. The molecule has 0 fully saturated rings. The Morgan fingerprint density at radius 3 is 2.75 bits per heavy atom. The lowest BCUT2D eigenvalue weighted by Crippen LogP contribution is -2.42. The zero-order chi connectivity index (χ0) is 15.1. The predicted molar refractivity (Wildman–Crippen MR) is 81.3 cm³/mol. The summed E-state index contributed by atoms with van der Waals surface area (Å²) in [6, 6.07) is 4.30. The van der Waals surface area contributed by atoms with Gasteiger partial charge in [-0.2, -0.15) is 12.6 Å². The molecule has 20 heavy (non-hydrogen) atoms. The first-order valence-electron chi connectivity index (χ1n) is 6.00. The summed E-state index contributed by atoms with van der Waals surface area (Å²) < 4.78 is 4.61. The van der Waals surface area contributed by atoms with Crippen molar-refractivity contribution in [3.8, 4) is 0 Å². The number of amides is 1. The Bertz CT molecular complexity index is 497. The average molecular weight is 317 g/mol. The second kappa shape index (κ2) is 8.14. The Balaban J connectivity index is 2.57. The van der Waals surface area contributed by atoms with E-state index in [2.05, 4.69) is 22.7 Å². The monoisotopic (exact) mass is 316 g/mol. The van der Waals surface area contributed by atoms with Gasteiger partial charge < -0.3 is 15.8 Å². The Hall–Kier alpha value is -1.24. The molecule has 1 rings (SSSR count). The van der Waals surface area contributed by atoms with Crippen molar-refractivity contribution in [3.63, 3.8) is 0 Å². The lowest BCUT2D eigenvalue weighted by atomic mass is 10.1. The molecule has 5 nitrogen and oxygen atoms in total. The van der Waals surface area contributed by atoms with Crippen molar-refractivity contribution in [3.05, 3.63) is 34.3 Å². The summed E-state index contributed by atoms with van der Waals surface area (Å²) >= 11 is 10.0. The fraction of sp³-hybridized carbons (Fsp3) is 0.385. The number of carbonyl (C=O) groups is 2. The van der Waals surface area contributed by atoms with Crippen LogP contribution in [0.2, 0.25) is 5.02 Å². The molecule has 110 valence electrons. The number of esters is 1. The number of benzene rings is 1. The molecule has 3 N–H and O–H groups in total. The SMILES string of the molecule is COC(=O)c1ccc(CCNC(=O)[C@@H](N)CS)c(Cl)c1. The van der Waals surface area contributed by atoms with E-state index in [4.69, 9.17) is 17.3 Å². The van der Waals surface area contributed by atoms with Gasteiger partial charge in [-0.15, -0.1) is 0 Å². The van der Waals surface area contributed by atoms with Gasteiger partial charge in [-0.3, -0.25) is 4.79 Å². The lowest BCUT2D eigenvalue weighted by Gasteiger charge is -2.10. The largest absolute Gasteiger partial charge is 0.465 e. The number of methoxy groups -OCH3 is 1. The fourth-order valence-electron chi connectivity index (χ4n) is 1.53. The molecule has 1 aromatic carbocycles. The van der Waals surface area contributed by atoms with Crippen molar-refractivity contribution in [2.75, 3.05) is 19.4 Å². The van der Waals surface area contributed by atoms with Crippen LogP contribution in [0.3, 0.4) is 0 Å². The highest BCUT2D eigenvalue weighted by Gasteiger charge is 2.11. The molecule has 1 aromatic rings. The van der Waals surface area contributed by atoms with Crippen LogP contribution in [0.5, 0.6) is 0 Å². The molecule has 0 saturated heterocycles. The third-order valence-corrected chi connectivity index (χ3v) is 3.45. The van der Waals surface area contributed by atoms with Crippen LogP contribution in [-0.4, -0.2) is 37.3 Å². The maximum atomic E-state index is 11.5. The third-order valence-electron chi connectivity index (χ3n) is 2.70. The normalized spacial score (nSPS) is 11.8. The molecule has 0 aliphatic carbocycles. The highest BCUT2D eigenvalue weighted by Crippen LogP contribution is 2.18. The number of ether oxygens (including phenoxy) is 1. The van der Waals surface area contributed by atoms with E-state index >= 15 is 0 Å². The molecule has 0 heterocycles. The van der Waals surface area contributed by atoms with Gasteiger partial charge in [0.15, 0.2) is 0 Å². The number of rotatable bonds is 6. The molecular formula is C13H17ClN2O3S. The van der Waals surface area contributed by atoms with Gasteiger partial charge in [0.2, 0.25) is 5.91 Å². The Morgan fingerprint density at radius 1 is 1.50 bits per heavy atom. The molecule has 0 aliphatic heterocycles. The van der Waals surface area contributed by atoms with Gasteiger partial charge in [-0.25, -0.2) is 4.79 Å². The molecule has 0 unspecified atom stereocenters. The Kier molecular flexibility index (Phi) is 6.84. The Morgan fingerprint density at radius 2 is 2.20 bits per heavy atom. The van der Waals surface area contributed by atoms with Crippen LogP contribution >= 0.6 is 24.2 Å². The first-order chi connectivity index (χ1) is 9.49. The van der Waals surface area contributed by atoms with E-state index in [1.807, 2.05) is 0 Å². The number of hydrogen-bond donors (Lipinski definition) is 3. The predicted octanol–water partition coefficient (Wildman–Crippen LogP) is 1.04. The fourth-order valence-corrected chi connectivity index (χ4v) is 1.97. The molecule has 1 atom stereocenters. The molecule has 0 aromatic heterocycles. The van der Waals surface area contributed by atoms with Gasteiger partial charge in [0.25, 0.3) is 0 Å². The summed E-state index contributed by atoms with van der Waals surface area (Å²) in [6.07, 6.45) is 0.547. The minimum absolute atomic E-state index is 0.248. The second-order valence-corrected chi connectivity index (χ2v) is 4.90. The van der Waals surface area contributed by atoms with E-state index < -0.39 is 12.0 Å². The van der Waals surface area contributed by atoms with Crippen LogP contribution in [0.4, 0.5) is 0 Å². The van der Waals surface area contributed by atoms with Crippen LogP contribution in [0, 0.1) is 0 Å². The van der Waals surface area contributed by atoms with Gasteiger partial charge in [0.05, 0.1) is 18.7 Å². The molecule has 0 saturated carbocycles. The number of halogens is 1. The maximum Gasteiger partial charge on any atom is 0.337 e. The molecule has 0 spiro atoms. The summed E-state index contributed by atoms with van der Waals surface area (Å²) in [5.74, 6) is -0.394. The summed E-state index contributed by atoms with van der Waals surface area (Å²) in [4.78, 5) is 22.8. The number of hydrogen-bond acceptors (Lipinski definition) is 5. The molecule has 0 aliphatic rings. The van der Waals surface area contributed by atoms with Crippen LogP contribution in [0.1, 0.15) is 15.9 Å². The van der Waals surface area contributed by atoms with Gasteiger partial charge in [0, 0.05) is 17.3 Å². The zero-order valence-electron chi connectivity index (χ0n) is 11.1.